The van der Waals surface area contributed by atoms with Crippen molar-refractivity contribution in [3.63, 3.8) is 0 Å². The maximum absolute atomic E-state index is 11.0. The van der Waals surface area contributed by atoms with Crippen LogP contribution in [-0.4, -0.2) is 5.78 Å². The molecule has 1 unspecified atom stereocenters. The highest BCUT2D eigenvalue weighted by Gasteiger charge is 2.28. The molecule has 0 fully saturated rings. The second-order valence-electron chi connectivity index (χ2n) is 4.90. The summed E-state index contributed by atoms with van der Waals surface area (Å²) in [5.74, 6) is 1.55. The average molecular weight is 170 g/mol. The number of rotatable bonds is 4. The minimum atomic E-state index is 0.153. The van der Waals surface area contributed by atoms with Crippen LogP contribution in [0, 0.1) is 17.3 Å². The first-order valence-corrected chi connectivity index (χ1v) is 4.77. The Labute approximate surface area is 76.6 Å². The zero-order chi connectivity index (χ0) is 9.94. The van der Waals surface area contributed by atoms with Gasteiger partial charge in [0.15, 0.2) is 0 Å². The predicted octanol–water partition coefficient (Wildman–Crippen LogP) is 3.28. The third-order valence-electron chi connectivity index (χ3n) is 2.94. The average Bonchev–Trinajstić information content (AvgIpc) is 1.82. The van der Waals surface area contributed by atoms with Gasteiger partial charge in [-0.2, -0.15) is 0 Å². The van der Waals surface area contributed by atoms with E-state index in [1.54, 1.807) is 6.92 Å². The lowest BCUT2D eigenvalue weighted by atomic mass is 9.71. The topological polar surface area (TPSA) is 17.1 Å². The molecule has 1 heteroatoms. The van der Waals surface area contributed by atoms with Crippen LogP contribution in [0.3, 0.4) is 0 Å². The fraction of sp³-hybridized carbons (Fsp3) is 0.909. The van der Waals surface area contributed by atoms with Crippen molar-refractivity contribution in [3.05, 3.63) is 0 Å². The molecule has 0 N–H and O–H groups in total. The van der Waals surface area contributed by atoms with Gasteiger partial charge in [0.2, 0.25) is 0 Å². The molecule has 0 aromatic heterocycles. The van der Waals surface area contributed by atoms with E-state index in [1.807, 2.05) is 0 Å². The first-order valence-electron chi connectivity index (χ1n) is 4.77. The molecule has 0 aromatic rings. The Morgan fingerprint density at radius 3 is 1.92 bits per heavy atom. The summed E-state index contributed by atoms with van der Waals surface area (Å²) in [5, 5.41) is 0. The SMILES string of the molecule is CC(=O)CC(C)(C)C(C)C(C)C. The molecule has 0 heterocycles. The molecule has 0 saturated carbocycles. The molecule has 1 nitrogen and oxygen atoms in total. The number of hydrogen-bond acceptors (Lipinski definition) is 1. The lowest BCUT2D eigenvalue weighted by molar-refractivity contribution is -0.119. The monoisotopic (exact) mass is 170 g/mol. The van der Waals surface area contributed by atoms with E-state index in [9.17, 15) is 4.79 Å². The van der Waals surface area contributed by atoms with Gasteiger partial charge in [-0.05, 0) is 24.2 Å². The molecular formula is C11H22O. The Bertz CT molecular complexity index is 156. The highest BCUT2D eigenvalue weighted by atomic mass is 16.1. The van der Waals surface area contributed by atoms with Crippen LogP contribution in [0.15, 0.2) is 0 Å². The van der Waals surface area contributed by atoms with E-state index in [-0.39, 0.29) is 5.41 Å². The zero-order valence-corrected chi connectivity index (χ0v) is 9.27. The third-order valence-corrected chi connectivity index (χ3v) is 2.94. The van der Waals surface area contributed by atoms with Crippen molar-refractivity contribution in [2.24, 2.45) is 17.3 Å². The number of carbonyl (C=O) groups excluding carboxylic acids is 1. The molecule has 72 valence electrons. The van der Waals surface area contributed by atoms with Crippen molar-refractivity contribution in [2.45, 2.75) is 48.0 Å². The van der Waals surface area contributed by atoms with Crippen molar-refractivity contribution < 1.29 is 4.79 Å². The van der Waals surface area contributed by atoms with Crippen LogP contribution in [0.5, 0.6) is 0 Å². The van der Waals surface area contributed by atoms with E-state index in [0.717, 1.165) is 0 Å². The maximum Gasteiger partial charge on any atom is 0.130 e. The van der Waals surface area contributed by atoms with Crippen LogP contribution in [0.1, 0.15) is 48.0 Å². The summed E-state index contributed by atoms with van der Waals surface area (Å²) < 4.78 is 0. The fourth-order valence-corrected chi connectivity index (χ4v) is 1.70. The van der Waals surface area contributed by atoms with Gasteiger partial charge < -0.3 is 4.79 Å². The summed E-state index contributed by atoms with van der Waals surface area (Å²) >= 11 is 0. The van der Waals surface area contributed by atoms with Gasteiger partial charge in [0, 0.05) is 6.42 Å². The second kappa shape index (κ2) is 4.06. The van der Waals surface area contributed by atoms with Gasteiger partial charge in [-0.25, -0.2) is 0 Å². The molecule has 1 atom stereocenters. The minimum absolute atomic E-state index is 0.153. The number of carbonyl (C=O) groups is 1. The largest absolute Gasteiger partial charge is 0.300 e. The van der Waals surface area contributed by atoms with E-state index in [0.29, 0.717) is 24.0 Å². The van der Waals surface area contributed by atoms with Crippen molar-refractivity contribution in [1.29, 1.82) is 0 Å². The molecular weight excluding hydrogens is 148 g/mol. The molecule has 0 rings (SSSR count). The molecule has 0 amide bonds. The summed E-state index contributed by atoms with van der Waals surface area (Å²) in [5.41, 5.74) is 0.153. The Kier molecular flexibility index (Phi) is 3.95. The molecule has 0 aromatic carbocycles. The minimum Gasteiger partial charge on any atom is -0.300 e. The van der Waals surface area contributed by atoms with Crippen LogP contribution in [0.25, 0.3) is 0 Å². The molecule has 0 aliphatic rings. The van der Waals surface area contributed by atoms with Gasteiger partial charge in [-0.1, -0.05) is 34.6 Å². The van der Waals surface area contributed by atoms with Gasteiger partial charge in [-0.3, -0.25) is 0 Å². The lowest BCUT2D eigenvalue weighted by Gasteiger charge is -2.33. The standard InChI is InChI=1S/C11H22O/c1-8(2)10(4)11(5,6)7-9(3)12/h8,10H,7H2,1-6H3. The molecule has 0 bridgehead atoms. The summed E-state index contributed by atoms with van der Waals surface area (Å²) in [4.78, 5) is 11.0. The summed E-state index contributed by atoms with van der Waals surface area (Å²) in [6.07, 6.45) is 0.701. The van der Waals surface area contributed by atoms with Gasteiger partial charge in [0.05, 0.1) is 0 Å². The van der Waals surface area contributed by atoms with E-state index in [2.05, 4.69) is 34.6 Å². The molecule has 0 radical (unpaired) electrons. The third kappa shape index (κ3) is 3.38. The quantitative estimate of drug-likeness (QED) is 0.632. The number of hydrogen-bond donors (Lipinski definition) is 0. The molecule has 0 aliphatic carbocycles. The number of Topliss-reactive ketones (excluding diaryl/α,β-unsaturated/α-hetero) is 1. The van der Waals surface area contributed by atoms with Gasteiger partial charge in [-0.15, -0.1) is 0 Å². The summed E-state index contributed by atoms with van der Waals surface area (Å²) in [6, 6.07) is 0. The second-order valence-corrected chi connectivity index (χ2v) is 4.90. The Morgan fingerprint density at radius 1 is 1.25 bits per heavy atom. The number of ketones is 1. The van der Waals surface area contributed by atoms with Crippen molar-refractivity contribution >= 4 is 5.78 Å². The molecule has 12 heavy (non-hydrogen) atoms. The highest BCUT2D eigenvalue weighted by molar-refractivity contribution is 5.76. The first kappa shape index (κ1) is 11.7. The molecule has 0 spiro atoms. The lowest BCUT2D eigenvalue weighted by Crippen LogP contribution is -2.27. The van der Waals surface area contributed by atoms with Gasteiger partial charge >= 0.3 is 0 Å². The Morgan fingerprint density at radius 2 is 1.67 bits per heavy atom. The van der Waals surface area contributed by atoms with Crippen LogP contribution in [0.4, 0.5) is 0 Å². The molecule has 0 saturated heterocycles. The van der Waals surface area contributed by atoms with Crippen LogP contribution in [-0.2, 0) is 4.79 Å². The van der Waals surface area contributed by atoms with E-state index < -0.39 is 0 Å². The normalized spacial score (nSPS) is 14.9. The van der Waals surface area contributed by atoms with E-state index in [4.69, 9.17) is 0 Å². The van der Waals surface area contributed by atoms with Crippen molar-refractivity contribution in [1.82, 2.24) is 0 Å². The van der Waals surface area contributed by atoms with Crippen molar-refractivity contribution in [3.8, 4) is 0 Å². The highest BCUT2D eigenvalue weighted by Crippen LogP contribution is 2.35. The molecule has 0 aliphatic heterocycles. The Hall–Kier alpha value is -0.330. The first-order chi connectivity index (χ1) is 5.27. The zero-order valence-electron chi connectivity index (χ0n) is 9.27. The van der Waals surface area contributed by atoms with Crippen LogP contribution >= 0.6 is 0 Å². The van der Waals surface area contributed by atoms with E-state index >= 15 is 0 Å². The van der Waals surface area contributed by atoms with Crippen LogP contribution in [0.2, 0.25) is 0 Å². The summed E-state index contributed by atoms with van der Waals surface area (Å²) in [6.45, 7) is 12.7. The maximum atomic E-state index is 11.0. The Balaban J connectivity index is 4.28. The van der Waals surface area contributed by atoms with Gasteiger partial charge in [0.25, 0.3) is 0 Å². The fourth-order valence-electron chi connectivity index (χ4n) is 1.70. The van der Waals surface area contributed by atoms with Gasteiger partial charge in [0.1, 0.15) is 5.78 Å². The van der Waals surface area contributed by atoms with Crippen molar-refractivity contribution in [2.75, 3.05) is 0 Å². The van der Waals surface area contributed by atoms with Crippen LogP contribution < -0.4 is 0 Å². The smallest absolute Gasteiger partial charge is 0.130 e. The summed E-state index contributed by atoms with van der Waals surface area (Å²) in [7, 11) is 0. The van der Waals surface area contributed by atoms with E-state index in [1.165, 1.54) is 0 Å². The predicted molar refractivity (Wildman–Crippen MR) is 53.1 cm³/mol.